The number of para-hydroxylation sites is 1. The van der Waals surface area contributed by atoms with Gasteiger partial charge in [-0.15, -0.1) is 0 Å². The maximum Gasteiger partial charge on any atom is 0.342 e. The molecule has 0 radical (unpaired) electrons. The summed E-state index contributed by atoms with van der Waals surface area (Å²) in [6.45, 7) is 0.0179. The highest BCUT2D eigenvalue weighted by Gasteiger charge is 2.18. The fourth-order valence-electron chi connectivity index (χ4n) is 2.18. The highest BCUT2D eigenvalue weighted by atomic mass is 16.5. The van der Waals surface area contributed by atoms with E-state index in [4.69, 9.17) is 14.2 Å². The summed E-state index contributed by atoms with van der Waals surface area (Å²) in [5.41, 5.74) is 1.33. The predicted octanol–water partition coefficient (Wildman–Crippen LogP) is 2.85. The third kappa shape index (κ3) is 3.84. The summed E-state index contributed by atoms with van der Waals surface area (Å²) < 4.78 is 20.3. The van der Waals surface area contributed by atoms with Gasteiger partial charge in [-0.25, -0.2) is 9.59 Å². The number of hydrogen-bond acceptors (Lipinski definition) is 6. The first-order valence-corrected chi connectivity index (χ1v) is 7.16. The lowest BCUT2D eigenvalue weighted by Crippen LogP contribution is -2.08. The van der Waals surface area contributed by atoms with Crippen LogP contribution >= 0.6 is 0 Å². The summed E-state index contributed by atoms with van der Waals surface area (Å²) in [5, 5.41) is 0. The average Bonchev–Trinajstić information content (AvgIpc) is 2.64. The molecule has 2 rings (SSSR count). The minimum atomic E-state index is -0.547. The van der Waals surface area contributed by atoms with Gasteiger partial charge >= 0.3 is 11.9 Å². The van der Waals surface area contributed by atoms with E-state index in [0.717, 1.165) is 0 Å². The first kappa shape index (κ1) is 17.3. The Morgan fingerprint density at radius 3 is 2.33 bits per heavy atom. The number of esters is 2. The molecule has 0 heterocycles. The molecule has 0 bridgehead atoms. The molecule has 126 valence electrons. The highest BCUT2D eigenvalue weighted by molar-refractivity contribution is 5.93. The van der Waals surface area contributed by atoms with E-state index in [2.05, 4.69) is 4.74 Å². The van der Waals surface area contributed by atoms with Crippen LogP contribution < -0.4 is 9.47 Å². The molecule has 0 fully saturated rings. The SMILES string of the molecule is COC(=O)c1cccc(COC(=O)c2cccc(OC)c2OC)c1. The van der Waals surface area contributed by atoms with Crippen molar-refractivity contribution in [3.63, 3.8) is 0 Å². The van der Waals surface area contributed by atoms with Crippen molar-refractivity contribution >= 4 is 11.9 Å². The summed E-state index contributed by atoms with van der Waals surface area (Å²) in [6, 6.07) is 11.6. The van der Waals surface area contributed by atoms with E-state index >= 15 is 0 Å². The molecule has 0 aliphatic heterocycles. The number of hydrogen-bond donors (Lipinski definition) is 0. The third-order valence-electron chi connectivity index (χ3n) is 3.34. The van der Waals surface area contributed by atoms with Crippen LogP contribution in [0.15, 0.2) is 42.5 Å². The second kappa shape index (κ2) is 8.01. The zero-order valence-electron chi connectivity index (χ0n) is 13.7. The zero-order chi connectivity index (χ0) is 17.5. The Morgan fingerprint density at radius 1 is 0.917 bits per heavy atom. The van der Waals surface area contributed by atoms with Gasteiger partial charge in [-0.05, 0) is 29.8 Å². The molecule has 0 aromatic heterocycles. The van der Waals surface area contributed by atoms with Crippen LogP contribution in [-0.4, -0.2) is 33.3 Å². The Balaban J connectivity index is 2.13. The second-order valence-electron chi connectivity index (χ2n) is 4.81. The van der Waals surface area contributed by atoms with Crippen LogP contribution in [0.2, 0.25) is 0 Å². The van der Waals surface area contributed by atoms with E-state index in [1.165, 1.54) is 21.3 Å². The van der Waals surface area contributed by atoms with Gasteiger partial charge in [0.25, 0.3) is 0 Å². The molecule has 0 saturated carbocycles. The maximum absolute atomic E-state index is 12.3. The quantitative estimate of drug-likeness (QED) is 0.759. The molecular weight excluding hydrogens is 312 g/mol. The normalized spacial score (nSPS) is 9.96. The molecule has 2 aromatic rings. The molecule has 0 N–H and O–H groups in total. The molecule has 2 aromatic carbocycles. The van der Waals surface area contributed by atoms with Crippen LogP contribution in [0.25, 0.3) is 0 Å². The lowest BCUT2D eigenvalue weighted by molar-refractivity contribution is 0.0468. The predicted molar refractivity (Wildman–Crippen MR) is 86.4 cm³/mol. The summed E-state index contributed by atoms with van der Waals surface area (Å²) in [4.78, 5) is 23.8. The summed E-state index contributed by atoms with van der Waals surface area (Å²) in [6.07, 6.45) is 0. The smallest absolute Gasteiger partial charge is 0.342 e. The molecular formula is C18H18O6. The maximum atomic E-state index is 12.3. The average molecular weight is 330 g/mol. The molecule has 0 aliphatic carbocycles. The van der Waals surface area contributed by atoms with E-state index in [-0.39, 0.29) is 12.2 Å². The molecule has 0 atom stereocenters. The minimum Gasteiger partial charge on any atom is -0.493 e. The Bertz CT molecular complexity index is 738. The van der Waals surface area contributed by atoms with Crippen molar-refractivity contribution in [3.8, 4) is 11.5 Å². The number of ether oxygens (including phenoxy) is 4. The minimum absolute atomic E-state index is 0.0179. The lowest BCUT2D eigenvalue weighted by Gasteiger charge is -2.12. The number of carbonyl (C=O) groups is 2. The monoisotopic (exact) mass is 330 g/mol. The topological polar surface area (TPSA) is 71.1 Å². The van der Waals surface area contributed by atoms with Gasteiger partial charge in [0.05, 0.1) is 26.9 Å². The van der Waals surface area contributed by atoms with Crippen LogP contribution in [-0.2, 0) is 16.1 Å². The number of methoxy groups -OCH3 is 3. The van der Waals surface area contributed by atoms with Crippen LogP contribution in [0, 0.1) is 0 Å². The number of carbonyl (C=O) groups excluding carboxylic acids is 2. The first-order valence-electron chi connectivity index (χ1n) is 7.16. The van der Waals surface area contributed by atoms with Gasteiger partial charge in [-0.2, -0.15) is 0 Å². The summed E-state index contributed by atoms with van der Waals surface area (Å²) in [5.74, 6) is -0.236. The molecule has 0 saturated heterocycles. The van der Waals surface area contributed by atoms with E-state index in [0.29, 0.717) is 22.6 Å². The van der Waals surface area contributed by atoms with Crippen LogP contribution in [0.3, 0.4) is 0 Å². The number of rotatable bonds is 6. The molecule has 6 heteroatoms. The first-order chi connectivity index (χ1) is 11.6. The Labute approximate surface area is 139 Å². The fourth-order valence-corrected chi connectivity index (χ4v) is 2.18. The summed E-state index contributed by atoms with van der Waals surface area (Å²) in [7, 11) is 4.25. The number of benzene rings is 2. The molecule has 0 unspecified atom stereocenters. The van der Waals surface area contributed by atoms with Gasteiger partial charge in [0.15, 0.2) is 11.5 Å². The van der Waals surface area contributed by atoms with Gasteiger partial charge < -0.3 is 18.9 Å². The van der Waals surface area contributed by atoms with Crippen molar-refractivity contribution < 1.29 is 28.5 Å². The third-order valence-corrected chi connectivity index (χ3v) is 3.34. The summed E-state index contributed by atoms with van der Waals surface area (Å²) >= 11 is 0. The molecule has 24 heavy (non-hydrogen) atoms. The highest BCUT2D eigenvalue weighted by Crippen LogP contribution is 2.31. The van der Waals surface area contributed by atoms with Crippen LogP contribution in [0.5, 0.6) is 11.5 Å². The van der Waals surface area contributed by atoms with Crippen molar-refractivity contribution in [3.05, 3.63) is 59.2 Å². The Kier molecular flexibility index (Phi) is 5.78. The van der Waals surface area contributed by atoms with Crippen molar-refractivity contribution in [2.75, 3.05) is 21.3 Å². The molecule has 0 aliphatic rings. The van der Waals surface area contributed by atoms with Gasteiger partial charge in [0, 0.05) is 0 Å². The van der Waals surface area contributed by atoms with Crippen molar-refractivity contribution in [2.45, 2.75) is 6.61 Å². The van der Waals surface area contributed by atoms with Crippen LogP contribution in [0.4, 0.5) is 0 Å². The van der Waals surface area contributed by atoms with Gasteiger partial charge in [-0.3, -0.25) is 0 Å². The molecule has 6 nitrogen and oxygen atoms in total. The van der Waals surface area contributed by atoms with Crippen LogP contribution in [0.1, 0.15) is 26.3 Å². The van der Waals surface area contributed by atoms with Crippen molar-refractivity contribution in [1.29, 1.82) is 0 Å². The van der Waals surface area contributed by atoms with E-state index < -0.39 is 11.9 Å². The fraction of sp³-hybridized carbons (Fsp3) is 0.222. The van der Waals surface area contributed by atoms with Gasteiger partial charge in [0.1, 0.15) is 12.2 Å². The Hall–Kier alpha value is -3.02. The zero-order valence-corrected chi connectivity index (χ0v) is 13.7. The van der Waals surface area contributed by atoms with Crippen molar-refractivity contribution in [1.82, 2.24) is 0 Å². The largest absolute Gasteiger partial charge is 0.493 e. The van der Waals surface area contributed by atoms with Crippen molar-refractivity contribution in [2.24, 2.45) is 0 Å². The van der Waals surface area contributed by atoms with E-state index in [9.17, 15) is 9.59 Å². The molecule has 0 amide bonds. The van der Waals surface area contributed by atoms with E-state index in [1.807, 2.05) is 0 Å². The standard InChI is InChI=1S/C18H18O6/c1-21-15-9-5-8-14(16(15)22-2)18(20)24-11-12-6-4-7-13(10-12)17(19)23-3/h4-10H,11H2,1-3H3. The lowest BCUT2D eigenvalue weighted by atomic mass is 10.1. The second-order valence-corrected chi connectivity index (χ2v) is 4.81. The van der Waals surface area contributed by atoms with Gasteiger partial charge in [-0.1, -0.05) is 18.2 Å². The van der Waals surface area contributed by atoms with E-state index in [1.54, 1.807) is 42.5 Å². The van der Waals surface area contributed by atoms with Gasteiger partial charge in [0.2, 0.25) is 0 Å². The molecule has 0 spiro atoms. The Morgan fingerprint density at radius 2 is 1.67 bits per heavy atom.